The van der Waals surface area contributed by atoms with Crippen molar-refractivity contribution in [3.63, 3.8) is 0 Å². The molecule has 1 rings (SSSR count). The Labute approximate surface area is 112 Å². The fourth-order valence-electron chi connectivity index (χ4n) is 2.18. The molecule has 0 spiro atoms. The van der Waals surface area contributed by atoms with E-state index in [1.165, 1.54) is 18.4 Å². The van der Waals surface area contributed by atoms with Crippen LogP contribution in [0.25, 0.3) is 0 Å². The van der Waals surface area contributed by atoms with Crippen LogP contribution in [0.3, 0.4) is 0 Å². The van der Waals surface area contributed by atoms with Crippen LogP contribution in [0, 0.1) is 5.92 Å². The Hall–Kier alpha value is -1.02. The normalized spacial score (nSPS) is 12.7. The maximum atomic E-state index is 5.27. The van der Waals surface area contributed by atoms with E-state index in [4.69, 9.17) is 4.74 Å². The molecule has 1 aromatic rings. The van der Waals surface area contributed by atoms with Crippen molar-refractivity contribution >= 4 is 0 Å². The summed E-state index contributed by atoms with van der Waals surface area (Å²) in [6.45, 7) is 7.78. The summed E-state index contributed by atoms with van der Waals surface area (Å²) in [5.41, 5.74) is 1.35. The molecule has 102 valence electrons. The molecule has 2 heteroatoms. The van der Waals surface area contributed by atoms with Crippen LogP contribution in [-0.4, -0.2) is 19.7 Å². The molecule has 0 radical (unpaired) electrons. The number of likely N-dealkylation sites (N-methyl/N-ethyl adjacent to an activating group) is 1. The van der Waals surface area contributed by atoms with Crippen molar-refractivity contribution in [1.82, 2.24) is 5.32 Å². The second-order valence-corrected chi connectivity index (χ2v) is 5.28. The first kappa shape index (κ1) is 15.0. The van der Waals surface area contributed by atoms with Crippen LogP contribution in [0.4, 0.5) is 0 Å². The quantitative estimate of drug-likeness (QED) is 0.759. The van der Waals surface area contributed by atoms with E-state index in [1.807, 2.05) is 6.07 Å². The SMILES string of the molecule is CCNC(CCC(C)C)Cc1cccc(OC)c1. The van der Waals surface area contributed by atoms with Gasteiger partial charge >= 0.3 is 0 Å². The predicted octanol–water partition coefficient (Wildman–Crippen LogP) is 3.65. The summed E-state index contributed by atoms with van der Waals surface area (Å²) in [6, 6.07) is 8.96. The van der Waals surface area contributed by atoms with Gasteiger partial charge in [-0.15, -0.1) is 0 Å². The third-order valence-corrected chi connectivity index (χ3v) is 3.20. The van der Waals surface area contributed by atoms with Crippen LogP contribution >= 0.6 is 0 Å². The Kier molecular flexibility index (Phi) is 6.81. The molecule has 18 heavy (non-hydrogen) atoms. The number of benzene rings is 1. The van der Waals surface area contributed by atoms with Gasteiger partial charge in [-0.2, -0.15) is 0 Å². The molecule has 0 amide bonds. The van der Waals surface area contributed by atoms with E-state index in [9.17, 15) is 0 Å². The van der Waals surface area contributed by atoms with Gasteiger partial charge in [-0.3, -0.25) is 0 Å². The van der Waals surface area contributed by atoms with Gasteiger partial charge < -0.3 is 10.1 Å². The van der Waals surface area contributed by atoms with Gasteiger partial charge in [0.15, 0.2) is 0 Å². The highest BCUT2D eigenvalue weighted by Crippen LogP contribution is 2.16. The Bertz CT molecular complexity index is 336. The smallest absolute Gasteiger partial charge is 0.119 e. The molecule has 0 saturated carbocycles. The number of hydrogen-bond acceptors (Lipinski definition) is 2. The molecule has 2 nitrogen and oxygen atoms in total. The van der Waals surface area contributed by atoms with E-state index < -0.39 is 0 Å². The molecular formula is C16H27NO. The number of hydrogen-bond donors (Lipinski definition) is 1. The molecular weight excluding hydrogens is 222 g/mol. The minimum absolute atomic E-state index is 0.574. The number of nitrogens with one attached hydrogen (secondary N) is 1. The van der Waals surface area contributed by atoms with Crippen molar-refractivity contribution in [3.05, 3.63) is 29.8 Å². The van der Waals surface area contributed by atoms with Crippen molar-refractivity contribution in [2.75, 3.05) is 13.7 Å². The third-order valence-electron chi connectivity index (χ3n) is 3.20. The highest BCUT2D eigenvalue weighted by Gasteiger charge is 2.09. The fraction of sp³-hybridized carbons (Fsp3) is 0.625. The third kappa shape index (κ3) is 5.54. The molecule has 0 bridgehead atoms. The molecule has 0 fully saturated rings. The zero-order valence-corrected chi connectivity index (χ0v) is 12.2. The minimum Gasteiger partial charge on any atom is -0.497 e. The second kappa shape index (κ2) is 8.15. The molecule has 1 atom stereocenters. The number of rotatable bonds is 8. The van der Waals surface area contributed by atoms with Gasteiger partial charge in [0.05, 0.1) is 7.11 Å². The van der Waals surface area contributed by atoms with Crippen molar-refractivity contribution in [2.24, 2.45) is 5.92 Å². The van der Waals surface area contributed by atoms with Gasteiger partial charge in [-0.05, 0) is 49.4 Å². The molecule has 1 N–H and O–H groups in total. The van der Waals surface area contributed by atoms with Gasteiger partial charge in [0.2, 0.25) is 0 Å². The first-order valence-corrected chi connectivity index (χ1v) is 7.02. The monoisotopic (exact) mass is 249 g/mol. The standard InChI is InChI=1S/C16H27NO/c1-5-17-15(10-9-13(2)3)11-14-7-6-8-16(12-14)18-4/h6-8,12-13,15,17H,5,9-11H2,1-4H3. The second-order valence-electron chi connectivity index (χ2n) is 5.28. The lowest BCUT2D eigenvalue weighted by atomic mass is 9.97. The summed E-state index contributed by atoms with van der Waals surface area (Å²) in [7, 11) is 1.72. The molecule has 1 aromatic carbocycles. The van der Waals surface area contributed by atoms with E-state index in [2.05, 4.69) is 44.3 Å². The fourth-order valence-corrected chi connectivity index (χ4v) is 2.18. The lowest BCUT2D eigenvalue weighted by Gasteiger charge is -2.19. The van der Waals surface area contributed by atoms with Crippen LogP contribution in [0.2, 0.25) is 0 Å². The minimum atomic E-state index is 0.574. The topological polar surface area (TPSA) is 21.3 Å². The van der Waals surface area contributed by atoms with Gasteiger partial charge in [0, 0.05) is 6.04 Å². The molecule has 0 heterocycles. The Morgan fingerprint density at radius 2 is 2.00 bits per heavy atom. The van der Waals surface area contributed by atoms with E-state index in [1.54, 1.807) is 7.11 Å². The number of ether oxygens (including phenoxy) is 1. The van der Waals surface area contributed by atoms with E-state index in [0.29, 0.717) is 6.04 Å². The van der Waals surface area contributed by atoms with Crippen LogP contribution in [0.15, 0.2) is 24.3 Å². The molecule has 0 saturated heterocycles. The zero-order chi connectivity index (χ0) is 13.4. The van der Waals surface area contributed by atoms with Crippen LogP contribution in [0.5, 0.6) is 5.75 Å². The van der Waals surface area contributed by atoms with Gasteiger partial charge in [0.25, 0.3) is 0 Å². The summed E-state index contributed by atoms with van der Waals surface area (Å²) in [5, 5.41) is 3.58. The average molecular weight is 249 g/mol. The molecule has 0 aliphatic rings. The van der Waals surface area contributed by atoms with Crippen LogP contribution in [0.1, 0.15) is 39.2 Å². The van der Waals surface area contributed by atoms with Crippen LogP contribution in [-0.2, 0) is 6.42 Å². The van der Waals surface area contributed by atoms with Crippen molar-refractivity contribution in [1.29, 1.82) is 0 Å². The summed E-state index contributed by atoms with van der Waals surface area (Å²) in [5.74, 6) is 1.73. The van der Waals surface area contributed by atoms with E-state index >= 15 is 0 Å². The van der Waals surface area contributed by atoms with Crippen LogP contribution < -0.4 is 10.1 Å². The lowest BCUT2D eigenvalue weighted by molar-refractivity contribution is 0.412. The Morgan fingerprint density at radius 3 is 2.61 bits per heavy atom. The highest BCUT2D eigenvalue weighted by atomic mass is 16.5. The summed E-state index contributed by atoms with van der Waals surface area (Å²) >= 11 is 0. The largest absolute Gasteiger partial charge is 0.497 e. The van der Waals surface area contributed by atoms with E-state index in [0.717, 1.165) is 24.6 Å². The lowest BCUT2D eigenvalue weighted by Crippen LogP contribution is -2.31. The predicted molar refractivity (Wildman–Crippen MR) is 78.2 cm³/mol. The summed E-state index contributed by atoms with van der Waals surface area (Å²) < 4.78 is 5.27. The Balaban J connectivity index is 2.57. The number of methoxy groups -OCH3 is 1. The van der Waals surface area contributed by atoms with Gasteiger partial charge in [-0.1, -0.05) is 32.9 Å². The van der Waals surface area contributed by atoms with Crippen molar-refractivity contribution in [2.45, 2.75) is 46.1 Å². The van der Waals surface area contributed by atoms with Gasteiger partial charge in [0.1, 0.15) is 5.75 Å². The zero-order valence-electron chi connectivity index (χ0n) is 12.2. The molecule has 0 aliphatic heterocycles. The maximum Gasteiger partial charge on any atom is 0.119 e. The highest BCUT2D eigenvalue weighted by molar-refractivity contribution is 5.28. The molecule has 1 unspecified atom stereocenters. The Morgan fingerprint density at radius 1 is 1.22 bits per heavy atom. The first-order chi connectivity index (χ1) is 8.65. The summed E-state index contributed by atoms with van der Waals surface area (Å²) in [6.07, 6.45) is 3.60. The first-order valence-electron chi connectivity index (χ1n) is 7.02. The van der Waals surface area contributed by atoms with Gasteiger partial charge in [-0.25, -0.2) is 0 Å². The molecule has 0 aliphatic carbocycles. The summed E-state index contributed by atoms with van der Waals surface area (Å²) in [4.78, 5) is 0. The molecule has 0 aromatic heterocycles. The van der Waals surface area contributed by atoms with Crippen molar-refractivity contribution < 1.29 is 4.74 Å². The van der Waals surface area contributed by atoms with E-state index in [-0.39, 0.29) is 0 Å². The average Bonchev–Trinajstić information content (AvgIpc) is 2.36. The maximum absolute atomic E-state index is 5.27. The van der Waals surface area contributed by atoms with Crippen molar-refractivity contribution in [3.8, 4) is 5.75 Å².